The van der Waals surface area contributed by atoms with Crippen molar-refractivity contribution in [3.63, 3.8) is 0 Å². The van der Waals surface area contributed by atoms with Gasteiger partial charge in [0.2, 0.25) is 0 Å². The van der Waals surface area contributed by atoms with E-state index in [-0.39, 0.29) is 24.4 Å². The van der Waals surface area contributed by atoms with Crippen LogP contribution in [0.5, 0.6) is 0 Å². The lowest BCUT2D eigenvalue weighted by Gasteiger charge is -2.14. The highest BCUT2D eigenvalue weighted by Gasteiger charge is 2.34. The van der Waals surface area contributed by atoms with Gasteiger partial charge in [0.05, 0.1) is 11.1 Å². The van der Waals surface area contributed by atoms with E-state index >= 15 is 0 Å². The second kappa shape index (κ2) is 8.71. The van der Waals surface area contributed by atoms with Crippen LogP contribution < -0.4 is 10.6 Å². The zero-order valence-electron chi connectivity index (χ0n) is 16.2. The molecule has 1 aliphatic heterocycles. The molecule has 0 spiro atoms. The van der Waals surface area contributed by atoms with Gasteiger partial charge in [-0.2, -0.15) is 0 Å². The van der Waals surface area contributed by atoms with E-state index in [1.807, 2.05) is 24.4 Å². The normalized spacial score (nSPS) is 13.0. The van der Waals surface area contributed by atoms with Crippen LogP contribution >= 0.6 is 15.9 Å². The van der Waals surface area contributed by atoms with Gasteiger partial charge in [-0.05, 0) is 42.7 Å². The molecule has 2 aromatic carbocycles. The number of hydrogen-bond donors (Lipinski definition) is 3. The second-order valence-electron chi connectivity index (χ2n) is 7.10. The zero-order chi connectivity index (χ0) is 21.1. The lowest BCUT2D eigenvalue weighted by molar-refractivity contribution is 0.0653. The maximum Gasteiger partial charge on any atom is 0.314 e. The number of H-pyrrole nitrogens is 1. The van der Waals surface area contributed by atoms with E-state index in [0.717, 1.165) is 27.4 Å². The van der Waals surface area contributed by atoms with Crippen molar-refractivity contribution in [3.8, 4) is 0 Å². The lowest BCUT2D eigenvalue weighted by Crippen LogP contribution is -2.38. The summed E-state index contributed by atoms with van der Waals surface area (Å²) in [7, 11) is 0. The van der Waals surface area contributed by atoms with E-state index in [4.69, 9.17) is 0 Å². The van der Waals surface area contributed by atoms with Gasteiger partial charge in [-0.15, -0.1) is 0 Å². The Labute approximate surface area is 182 Å². The summed E-state index contributed by atoms with van der Waals surface area (Å²) in [4.78, 5) is 41.2. The number of aromatic nitrogens is 1. The van der Waals surface area contributed by atoms with Crippen LogP contribution in [-0.2, 0) is 6.42 Å². The fourth-order valence-electron chi connectivity index (χ4n) is 3.62. The Balaban J connectivity index is 1.18. The maximum absolute atomic E-state index is 12.4. The number of para-hydroxylation sites is 1. The second-order valence-corrected chi connectivity index (χ2v) is 8.01. The Bertz CT molecular complexity index is 1120. The maximum atomic E-state index is 12.4. The Morgan fingerprint density at radius 3 is 2.63 bits per heavy atom. The highest BCUT2D eigenvalue weighted by Crippen LogP contribution is 2.26. The lowest BCUT2D eigenvalue weighted by atomic mass is 10.1. The number of halogens is 1. The number of carbonyl (C=O) groups excluding carboxylic acids is 3. The van der Waals surface area contributed by atoms with Crippen molar-refractivity contribution in [1.29, 1.82) is 0 Å². The molecule has 3 N–H and O–H groups in total. The summed E-state index contributed by atoms with van der Waals surface area (Å²) in [6, 6.07) is 12.8. The molecule has 0 saturated heterocycles. The molecule has 154 valence electrons. The van der Waals surface area contributed by atoms with Crippen LogP contribution in [0.2, 0.25) is 0 Å². The number of nitrogens with zero attached hydrogens (tertiary/aromatic N) is 1. The molecule has 0 saturated carbocycles. The SMILES string of the molecule is O=C(NCCCN1C(=O)c2ccc(Br)cc2C1=O)NCCc1c[nH]c2ccccc12. The molecular weight excluding hydrogens is 448 g/mol. The molecule has 7 nitrogen and oxygen atoms in total. The number of amides is 4. The summed E-state index contributed by atoms with van der Waals surface area (Å²) in [5.74, 6) is -0.579. The fraction of sp³-hybridized carbons (Fsp3) is 0.227. The summed E-state index contributed by atoms with van der Waals surface area (Å²) in [6.45, 7) is 1.15. The predicted molar refractivity (Wildman–Crippen MR) is 118 cm³/mol. The first-order valence-electron chi connectivity index (χ1n) is 9.77. The average Bonchev–Trinajstić information content (AvgIpc) is 3.25. The van der Waals surface area contributed by atoms with Gasteiger partial charge in [-0.25, -0.2) is 4.79 Å². The quantitative estimate of drug-likeness (QED) is 0.366. The minimum atomic E-state index is -0.292. The summed E-state index contributed by atoms with van der Waals surface area (Å²) in [6.07, 6.45) is 3.18. The average molecular weight is 469 g/mol. The number of benzene rings is 2. The first kappa shape index (κ1) is 20.2. The first-order valence-corrected chi connectivity index (χ1v) is 10.6. The minimum absolute atomic E-state index is 0.263. The summed E-state index contributed by atoms with van der Waals surface area (Å²) < 4.78 is 0.759. The summed E-state index contributed by atoms with van der Waals surface area (Å²) in [5, 5.41) is 6.76. The smallest absolute Gasteiger partial charge is 0.314 e. The molecule has 0 bridgehead atoms. The third-order valence-corrected chi connectivity index (χ3v) is 5.62. The number of urea groups is 1. The van der Waals surface area contributed by atoms with E-state index < -0.39 is 0 Å². The molecule has 1 aromatic heterocycles. The van der Waals surface area contributed by atoms with Gasteiger partial charge in [0.25, 0.3) is 11.8 Å². The molecule has 2 heterocycles. The van der Waals surface area contributed by atoms with Crippen LogP contribution in [0.4, 0.5) is 4.79 Å². The molecule has 0 fully saturated rings. The van der Waals surface area contributed by atoms with Gasteiger partial charge in [0, 0.05) is 41.2 Å². The molecule has 0 radical (unpaired) electrons. The highest BCUT2D eigenvalue weighted by atomic mass is 79.9. The third-order valence-electron chi connectivity index (χ3n) is 5.13. The van der Waals surface area contributed by atoms with E-state index in [1.165, 1.54) is 4.90 Å². The Hall–Kier alpha value is -3.13. The third kappa shape index (κ3) is 4.09. The standard InChI is InChI=1S/C22H21BrN4O3/c23-15-6-7-17-18(12-15)21(29)27(20(17)28)11-3-9-24-22(30)25-10-8-14-13-26-19-5-2-1-4-16(14)19/h1-2,4-7,12-13,26H,3,8-11H2,(H2,24,25,30). The van der Waals surface area contributed by atoms with Crippen molar-refractivity contribution >= 4 is 44.7 Å². The molecule has 3 aromatic rings. The zero-order valence-corrected chi connectivity index (χ0v) is 17.8. The number of fused-ring (bicyclic) bond motifs is 2. The first-order chi connectivity index (χ1) is 14.5. The van der Waals surface area contributed by atoms with Gasteiger partial charge in [-0.3, -0.25) is 14.5 Å². The molecule has 30 heavy (non-hydrogen) atoms. The predicted octanol–water partition coefficient (Wildman–Crippen LogP) is 3.46. The molecule has 4 rings (SSSR count). The Morgan fingerprint density at radius 1 is 1.00 bits per heavy atom. The van der Waals surface area contributed by atoms with Gasteiger partial charge in [0.15, 0.2) is 0 Å². The van der Waals surface area contributed by atoms with Gasteiger partial charge >= 0.3 is 6.03 Å². The molecule has 0 unspecified atom stereocenters. The molecule has 8 heteroatoms. The fourth-order valence-corrected chi connectivity index (χ4v) is 3.98. The van der Waals surface area contributed by atoms with Crippen LogP contribution in [0.25, 0.3) is 10.9 Å². The van der Waals surface area contributed by atoms with Crippen molar-refractivity contribution in [2.75, 3.05) is 19.6 Å². The van der Waals surface area contributed by atoms with Crippen LogP contribution in [-0.4, -0.2) is 47.4 Å². The van der Waals surface area contributed by atoms with E-state index in [1.54, 1.807) is 18.2 Å². The number of imide groups is 1. The highest BCUT2D eigenvalue weighted by molar-refractivity contribution is 9.10. The monoisotopic (exact) mass is 468 g/mol. The molecule has 4 amide bonds. The van der Waals surface area contributed by atoms with Gasteiger partial charge < -0.3 is 15.6 Å². The van der Waals surface area contributed by atoms with Gasteiger partial charge in [0.1, 0.15) is 0 Å². The van der Waals surface area contributed by atoms with Crippen molar-refractivity contribution < 1.29 is 14.4 Å². The van der Waals surface area contributed by atoms with Crippen molar-refractivity contribution in [1.82, 2.24) is 20.5 Å². The number of nitrogens with one attached hydrogen (secondary N) is 3. The van der Waals surface area contributed by atoms with Crippen LogP contribution in [0.3, 0.4) is 0 Å². The molecule has 0 aliphatic carbocycles. The molecule has 1 aliphatic rings. The topological polar surface area (TPSA) is 94.3 Å². The summed E-state index contributed by atoms with van der Waals surface area (Å²) in [5.41, 5.74) is 3.07. The van der Waals surface area contributed by atoms with Crippen LogP contribution in [0.1, 0.15) is 32.7 Å². The number of carbonyl (C=O) groups is 3. The van der Waals surface area contributed by atoms with Crippen molar-refractivity contribution in [2.45, 2.75) is 12.8 Å². The van der Waals surface area contributed by atoms with Crippen molar-refractivity contribution in [2.24, 2.45) is 0 Å². The number of hydrogen-bond acceptors (Lipinski definition) is 3. The largest absolute Gasteiger partial charge is 0.361 e. The Kier molecular flexibility index (Phi) is 5.85. The Morgan fingerprint density at radius 2 is 1.77 bits per heavy atom. The van der Waals surface area contributed by atoms with Crippen molar-refractivity contribution in [3.05, 3.63) is 69.8 Å². The number of rotatable bonds is 7. The van der Waals surface area contributed by atoms with Crippen LogP contribution in [0, 0.1) is 0 Å². The molecule has 0 atom stereocenters. The summed E-state index contributed by atoms with van der Waals surface area (Å²) >= 11 is 3.32. The minimum Gasteiger partial charge on any atom is -0.361 e. The van der Waals surface area contributed by atoms with E-state index in [2.05, 4.69) is 37.6 Å². The van der Waals surface area contributed by atoms with E-state index in [0.29, 0.717) is 30.6 Å². The number of aromatic amines is 1. The van der Waals surface area contributed by atoms with E-state index in [9.17, 15) is 14.4 Å². The molecular formula is C22H21BrN4O3. The van der Waals surface area contributed by atoms with Gasteiger partial charge in [-0.1, -0.05) is 34.1 Å². The van der Waals surface area contributed by atoms with Crippen LogP contribution in [0.15, 0.2) is 53.1 Å².